The molecule has 1 aromatic carbocycles. The molecule has 2 rings (SSSR count). The van der Waals surface area contributed by atoms with Gasteiger partial charge in [0.15, 0.2) is 0 Å². The van der Waals surface area contributed by atoms with Crippen LogP contribution < -0.4 is 10.5 Å². The number of methoxy groups -OCH3 is 1. The molecule has 15 heavy (non-hydrogen) atoms. The number of nitrogens with two attached hydrogens (primary N) is 1. The van der Waals surface area contributed by atoms with Gasteiger partial charge in [0.2, 0.25) is 0 Å². The second-order valence-corrected chi connectivity index (χ2v) is 3.75. The summed E-state index contributed by atoms with van der Waals surface area (Å²) in [5.74, 6) is 0.938. The lowest BCUT2D eigenvalue weighted by molar-refractivity contribution is 0.401. The minimum atomic E-state index is -0.253. The number of hydrogen-bond donors (Lipinski definition) is 1. The van der Waals surface area contributed by atoms with Crippen molar-refractivity contribution in [2.45, 2.75) is 18.9 Å². The number of benzene rings is 1. The molecule has 1 aliphatic carbocycles. The Bertz CT molecular complexity index is 341. The van der Waals surface area contributed by atoms with Gasteiger partial charge in [-0.25, -0.2) is 4.39 Å². The molecule has 0 saturated heterocycles. The zero-order valence-electron chi connectivity index (χ0n) is 8.57. The third-order valence-electron chi connectivity index (χ3n) is 2.68. The molecule has 4 heteroatoms. The molecule has 1 aromatic rings. The van der Waals surface area contributed by atoms with Crippen molar-refractivity contribution in [1.29, 1.82) is 0 Å². The molecule has 0 bridgehead atoms. The van der Waals surface area contributed by atoms with E-state index in [1.165, 1.54) is 12.1 Å². The maximum atomic E-state index is 13.0. The Morgan fingerprint density at radius 2 is 2.13 bits per heavy atom. The minimum absolute atomic E-state index is 0. The number of rotatable bonds is 3. The van der Waals surface area contributed by atoms with Gasteiger partial charge in [-0.05, 0) is 37.0 Å². The Hall–Kier alpha value is -0.800. The quantitative estimate of drug-likeness (QED) is 0.868. The molecular weight excluding hydrogens is 217 g/mol. The largest absolute Gasteiger partial charge is 0.496 e. The fourth-order valence-electron chi connectivity index (χ4n) is 1.67. The molecule has 0 aromatic heterocycles. The van der Waals surface area contributed by atoms with Crippen molar-refractivity contribution >= 4 is 12.4 Å². The van der Waals surface area contributed by atoms with Gasteiger partial charge < -0.3 is 10.5 Å². The molecule has 1 saturated carbocycles. The average Bonchev–Trinajstić information content (AvgIpc) is 3.00. The molecule has 0 amide bonds. The lowest BCUT2D eigenvalue weighted by atomic mass is 10.0. The van der Waals surface area contributed by atoms with Gasteiger partial charge in [0, 0.05) is 11.6 Å². The van der Waals surface area contributed by atoms with Crippen molar-refractivity contribution in [3.8, 4) is 5.75 Å². The van der Waals surface area contributed by atoms with Crippen LogP contribution in [0.4, 0.5) is 4.39 Å². The van der Waals surface area contributed by atoms with Crippen molar-refractivity contribution < 1.29 is 9.13 Å². The van der Waals surface area contributed by atoms with Crippen molar-refractivity contribution in [1.82, 2.24) is 0 Å². The molecule has 0 heterocycles. The summed E-state index contributed by atoms with van der Waals surface area (Å²) in [6.07, 6.45) is 2.28. The molecule has 1 atom stereocenters. The molecule has 1 fully saturated rings. The van der Waals surface area contributed by atoms with Crippen molar-refractivity contribution in [2.75, 3.05) is 7.11 Å². The van der Waals surface area contributed by atoms with E-state index in [1.54, 1.807) is 13.2 Å². The summed E-state index contributed by atoms with van der Waals surface area (Å²) in [5.41, 5.74) is 6.79. The minimum Gasteiger partial charge on any atom is -0.496 e. The summed E-state index contributed by atoms with van der Waals surface area (Å²) < 4.78 is 18.2. The maximum absolute atomic E-state index is 13.0. The Labute approximate surface area is 95.0 Å². The standard InChI is InChI=1S/C11H14FNO.ClH/c1-14-10-5-4-8(12)6-9(10)11(13)7-2-3-7;/h4-7,11H,2-3,13H2,1H3;1H/t11-;/m0./s1. The third-order valence-corrected chi connectivity index (χ3v) is 2.68. The van der Waals surface area contributed by atoms with Gasteiger partial charge in [-0.2, -0.15) is 0 Å². The Kier molecular flexibility index (Phi) is 3.94. The first-order chi connectivity index (χ1) is 6.72. The molecule has 0 aliphatic heterocycles. The number of ether oxygens (including phenoxy) is 1. The number of hydrogen-bond acceptors (Lipinski definition) is 2. The van der Waals surface area contributed by atoms with Crippen molar-refractivity contribution in [3.05, 3.63) is 29.6 Å². The van der Waals surface area contributed by atoms with Crippen LogP contribution >= 0.6 is 12.4 Å². The highest BCUT2D eigenvalue weighted by molar-refractivity contribution is 5.85. The van der Waals surface area contributed by atoms with E-state index in [0.717, 1.165) is 18.4 Å². The van der Waals surface area contributed by atoms with Crippen molar-refractivity contribution in [3.63, 3.8) is 0 Å². The van der Waals surface area contributed by atoms with Crippen LogP contribution in [-0.4, -0.2) is 7.11 Å². The van der Waals surface area contributed by atoms with E-state index in [9.17, 15) is 4.39 Å². The normalized spacial score (nSPS) is 16.7. The number of halogens is 2. The van der Waals surface area contributed by atoms with E-state index in [1.807, 2.05) is 0 Å². The van der Waals surface area contributed by atoms with Gasteiger partial charge in [0.1, 0.15) is 11.6 Å². The second-order valence-electron chi connectivity index (χ2n) is 3.75. The van der Waals surface area contributed by atoms with Crippen LogP contribution in [0.3, 0.4) is 0 Å². The van der Waals surface area contributed by atoms with Gasteiger partial charge in [-0.3, -0.25) is 0 Å². The van der Waals surface area contributed by atoms with Gasteiger partial charge in [0.05, 0.1) is 7.11 Å². The molecule has 2 nitrogen and oxygen atoms in total. The van der Waals surface area contributed by atoms with Gasteiger partial charge >= 0.3 is 0 Å². The van der Waals surface area contributed by atoms with E-state index < -0.39 is 0 Å². The highest BCUT2D eigenvalue weighted by atomic mass is 35.5. The molecule has 1 aliphatic rings. The highest BCUT2D eigenvalue weighted by Gasteiger charge is 2.31. The summed E-state index contributed by atoms with van der Waals surface area (Å²) in [5, 5.41) is 0. The van der Waals surface area contributed by atoms with Gasteiger partial charge in [-0.15, -0.1) is 12.4 Å². The van der Waals surface area contributed by atoms with Crippen LogP contribution in [0.1, 0.15) is 24.4 Å². The van der Waals surface area contributed by atoms with E-state index >= 15 is 0 Å². The van der Waals surface area contributed by atoms with Gasteiger partial charge in [0.25, 0.3) is 0 Å². The second kappa shape index (κ2) is 4.81. The van der Waals surface area contributed by atoms with Crippen LogP contribution in [0.2, 0.25) is 0 Å². The molecule has 2 N–H and O–H groups in total. The van der Waals surface area contributed by atoms with E-state index in [0.29, 0.717) is 11.7 Å². The first-order valence-corrected chi connectivity index (χ1v) is 4.81. The molecule has 0 unspecified atom stereocenters. The van der Waals surface area contributed by atoms with Crippen LogP contribution in [0.25, 0.3) is 0 Å². The Morgan fingerprint density at radius 1 is 1.47 bits per heavy atom. The van der Waals surface area contributed by atoms with E-state index in [-0.39, 0.29) is 24.3 Å². The fourth-order valence-corrected chi connectivity index (χ4v) is 1.67. The molecule has 0 radical (unpaired) electrons. The predicted molar refractivity (Wildman–Crippen MR) is 59.9 cm³/mol. The average molecular weight is 232 g/mol. The SMILES string of the molecule is COc1ccc(F)cc1[C@@H](N)C1CC1.Cl. The summed E-state index contributed by atoms with van der Waals surface area (Å²) in [6, 6.07) is 4.41. The van der Waals surface area contributed by atoms with Crippen LogP contribution in [0.5, 0.6) is 5.75 Å². The first kappa shape index (κ1) is 12.3. The first-order valence-electron chi connectivity index (χ1n) is 4.81. The Morgan fingerprint density at radius 3 is 2.67 bits per heavy atom. The smallest absolute Gasteiger partial charge is 0.123 e. The van der Waals surface area contributed by atoms with Crippen LogP contribution in [0, 0.1) is 11.7 Å². The van der Waals surface area contributed by atoms with Crippen LogP contribution in [0.15, 0.2) is 18.2 Å². The zero-order valence-corrected chi connectivity index (χ0v) is 9.39. The zero-order chi connectivity index (χ0) is 10.1. The van der Waals surface area contributed by atoms with Crippen LogP contribution in [-0.2, 0) is 0 Å². The maximum Gasteiger partial charge on any atom is 0.123 e. The van der Waals surface area contributed by atoms with E-state index in [4.69, 9.17) is 10.5 Å². The monoisotopic (exact) mass is 231 g/mol. The highest BCUT2D eigenvalue weighted by Crippen LogP contribution is 2.42. The third kappa shape index (κ3) is 2.61. The van der Waals surface area contributed by atoms with E-state index in [2.05, 4.69) is 0 Å². The molecule has 84 valence electrons. The fraction of sp³-hybridized carbons (Fsp3) is 0.455. The predicted octanol–water partition coefficient (Wildman–Crippen LogP) is 2.67. The van der Waals surface area contributed by atoms with Gasteiger partial charge in [-0.1, -0.05) is 0 Å². The summed E-state index contributed by atoms with van der Waals surface area (Å²) in [4.78, 5) is 0. The summed E-state index contributed by atoms with van der Waals surface area (Å²) in [6.45, 7) is 0. The molecular formula is C11H15ClFNO. The summed E-state index contributed by atoms with van der Waals surface area (Å²) >= 11 is 0. The lowest BCUT2D eigenvalue weighted by Crippen LogP contribution is -2.13. The topological polar surface area (TPSA) is 35.2 Å². The lowest BCUT2D eigenvalue weighted by Gasteiger charge is -2.14. The van der Waals surface area contributed by atoms with Crippen molar-refractivity contribution in [2.24, 2.45) is 11.7 Å². The molecule has 0 spiro atoms. The Balaban J connectivity index is 0.00000112. The summed E-state index contributed by atoms with van der Waals surface area (Å²) in [7, 11) is 1.58.